The van der Waals surface area contributed by atoms with Crippen LogP contribution in [0.25, 0.3) is 6.08 Å². The van der Waals surface area contributed by atoms with Crippen LogP contribution in [0.15, 0.2) is 37.1 Å². The van der Waals surface area contributed by atoms with Gasteiger partial charge in [0.2, 0.25) is 0 Å². The number of hydrogen-bond donors (Lipinski definition) is 1. The molecular formula is C11H11NO2. The molecule has 0 fully saturated rings. The number of ketones is 1. The van der Waals surface area contributed by atoms with E-state index in [2.05, 4.69) is 11.6 Å². The molecule has 0 radical (unpaired) electrons. The molecule has 3 heteroatoms. The van der Waals surface area contributed by atoms with Crippen LogP contribution >= 0.6 is 0 Å². The molecule has 1 rings (SSSR count). The van der Waals surface area contributed by atoms with Crippen molar-refractivity contribution in [2.24, 2.45) is 0 Å². The van der Waals surface area contributed by atoms with Crippen LogP contribution < -0.4 is 0 Å². The minimum absolute atomic E-state index is 0.0252. The molecule has 14 heavy (non-hydrogen) atoms. The molecule has 0 unspecified atom stereocenters. The Morgan fingerprint density at radius 3 is 2.86 bits per heavy atom. The van der Waals surface area contributed by atoms with E-state index in [0.29, 0.717) is 5.69 Å². The first kappa shape index (κ1) is 10.3. The van der Waals surface area contributed by atoms with Crippen LogP contribution in [0.5, 0.6) is 0 Å². The Labute approximate surface area is 82.4 Å². The minimum Gasteiger partial charge on any atom is -0.392 e. The summed E-state index contributed by atoms with van der Waals surface area (Å²) < 4.78 is 0. The normalized spacial score (nSPS) is 10.4. The molecule has 1 aromatic heterocycles. The summed E-state index contributed by atoms with van der Waals surface area (Å²) >= 11 is 0. The van der Waals surface area contributed by atoms with Crippen LogP contribution in [-0.4, -0.2) is 15.9 Å². The molecule has 0 amide bonds. The molecule has 0 aliphatic heterocycles. The highest BCUT2D eigenvalue weighted by Crippen LogP contribution is 2.01. The molecule has 0 aromatic carbocycles. The lowest BCUT2D eigenvalue weighted by Gasteiger charge is -1.95. The van der Waals surface area contributed by atoms with Crippen LogP contribution in [0.1, 0.15) is 11.3 Å². The number of allylic oxidation sites excluding steroid dienone is 2. The van der Waals surface area contributed by atoms with Gasteiger partial charge in [-0.1, -0.05) is 12.6 Å². The fourth-order valence-electron chi connectivity index (χ4n) is 0.864. The van der Waals surface area contributed by atoms with Gasteiger partial charge in [0.15, 0.2) is 5.78 Å². The summed E-state index contributed by atoms with van der Waals surface area (Å²) in [5.41, 5.74) is 1.43. The highest BCUT2D eigenvalue weighted by molar-refractivity contribution is 6.01. The van der Waals surface area contributed by atoms with E-state index < -0.39 is 0 Å². The standard InChI is InChI=1S/C11H11NO2/c1-2-11(14)6-5-10-4-3-9(8-13)7-12-10/h2-7,13H,1,8H2. The maximum atomic E-state index is 10.8. The first-order chi connectivity index (χ1) is 6.76. The molecule has 72 valence electrons. The Bertz CT molecular complexity index is 352. The first-order valence-electron chi connectivity index (χ1n) is 4.16. The second-order valence-corrected chi connectivity index (χ2v) is 2.69. The van der Waals surface area contributed by atoms with Gasteiger partial charge in [0.25, 0.3) is 0 Å². The molecule has 1 N–H and O–H groups in total. The van der Waals surface area contributed by atoms with E-state index in [9.17, 15) is 4.79 Å². The molecule has 0 spiro atoms. The first-order valence-corrected chi connectivity index (χ1v) is 4.16. The second-order valence-electron chi connectivity index (χ2n) is 2.69. The predicted molar refractivity (Wildman–Crippen MR) is 54.4 cm³/mol. The van der Waals surface area contributed by atoms with E-state index in [1.54, 1.807) is 24.4 Å². The topological polar surface area (TPSA) is 50.2 Å². The number of aliphatic hydroxyl groups excluding tert-OH is 1. The largest absolute Gasteiger partial charge is 0.392 e. The van der Waals surface area contributed by atoms with Crippen LogP contribution in [-0.2, 0) is 11.4 Å². The number of rotatable bonds is 4. The SMILES string of the molecule is C=CC(=O)C=Cc1ccc(CO)cn1. The van der Waals surface area contributed by atoms with E-state index in [1.807, 2.05) is 0 Å². The highest BCUT2D eigenvalue weighted by atomic mass is 16.3. The van der Waals surface area contributed by atoms with Crippen molar-refractivity contribution in [3.05, 3.63) is 48.3 Å². The Kier molecular flexibility index (Phi) is 3.76. The van der Waals surface area contributed by atoms with Gasteiger partial charge in [0.05, 0.1) is 12.3 Å². The summed E-state index contributed by atoms with van der Waals surface area (Å²) in [6, 6.07) is 3.49. The number of hydrogen-bond acceptors (Lipinski definition) is 3. The molecule has 0 aliphatic rings. The van der Waals surface area contributed by atoms with Crippen molar-refractivity contribution >= 4 is 11.9 Å². The number of aromatic nitrogens is 1. The molecule has 0 aliphatic carbocycles. The maximum absolute atomic E-state index is 10.8. The zero-order chi connectivity index (χ0) is 10.4. The number of carbonyl (C=O) groups excluding carboxylic acids is 1. The van der Waals surface area contributed by atoms with E-state index in [1.165, 1.54) is 12.2 Å². The van der Waals surface area contributed by atoms with Gasteiger partial charge >= 0.3 is 0 Å². The second kappa shape index (κ2) is 5.09. The molecular weight excluding hydrogens is 178 g/mol. The molecule has 1 aromatic rings. The van der Waals surface area contributed by atoms with E-state index in [4.69, 9.17) is 5.11 Å². The van der Waals surface area contributed by atoms with E-state index in [0.717, 1.165) is 5.56 Å². The molecule has 0 saturated carbocycles. The third-order valence-corrected chi connectivity index (χ3v) is 1.65. The molecule has 0 saturated heterocycles. The summed E-state index contributed by atoms with van der Waals surface area (Å²) in [7, 11) is 0. The fourth-order valence-corrected chi connectivity index (χ4v) is 0.864. The molecule has 3 nitrogen and oxygen atoms in total. The van der Waals surface area contributed by atoms with Crippen molar-refractivity contribution in [3.63, 3.8) is 0 Å². The van der Waals surface area contributed by atoms with E-state index >= 15 is 0 Å². The van der Waals surface area contributed by atoms with Crippen molar-refractivity contribution in [2.45, 2.75) is 6.61 Å². The van der Waals surface area contributed by atoms with E-state index in [-0.39, 0.29) is 12.4 Å². The summed E-state index contributed by atoms with van der Waals surface area (Å²) in [5, 5.41) is 8.76. The van der Waals surface area contributed by atoms with Gasteiger partial charge < -0.3 is 5.11 Å². The quantitative estimate of drug-likeness (QED) is 0.727. The zero-order valence-electron chi connectivity index (χ0n) is 7.68. The number of aliphatic hydroxyl groups is 1. The Hall–Kier alpha value is -1.74. The third-order valence-electron chi connectivity index (χ3n) is 1.65. The average Bonchev–Trinajstić information content (AvgIpc) is 2.26. The van der Waals surface area contributed by atoms with Gasteiger partial charge in [0, 0.05) is 6.20 Å². The van der Waals surface area contributed by atoms with Crippen LogP contribution in [0, 0.1) is 0 Å². The van der Waals surface area contributed by atoms with Crippen LogP contribution in [0.3, 0.4) is 0 Å². The minimum atomic E-state index is -0.155. The van der Waals surface area contributed by atoms with Crippen molar-refractivity contribution in [1.82, 2.24) is 4.98 Å². The number of nitrogens with zero attached hydrogens (tertiary/aromatic N) is 1. The summed E-state index contributed by atoms with van der Waals surface area (Å²) in [6.45, 7) is 3.32. The monoisotopic (exact) mass is 189 g/mol. The van der Waals surface area contributed by atoms with Gasteiger partial charge in [-0.05, 0) is 29.9 Å². The summed E-state index contributed by atoms with van der Waals surface area (Å²) in [4.78, 5) is 14.9. The summed E-state index contributed by atoms with van der Waals surface area (Å²) in [5.74, 6) is -0.155. The Morgan fingerprint density at radius 2 is 2.36 bits per heavy atom. The Balaban J connectivity index is 2.73. The molecule has 0 atom stereocenters. The van der Waals surface area contributed by atoms with Crippen molar-refractivity contribution in [2.75, 3.05) is 0 Å². The maximum Gasteiger partial charge on any atom is 0.178 e. The van der Waals surface area contributed by atoms with Gasteiger partial charge in [0.1, 0.15) is 0 Å². The highest BCUT2D eigenvalue weighted by Gasteiger charge is 1.92. The Morgan fingerprint density at radius 1 is 1.57 bits per heavy atom. The smallest absolute Gasteiger partial charge is 0.178 e. The van der Waals surface area contributed by atoms with Crippen molar-refractivity contribution in [1.29, 1.82) is 0 Å². The van der Waals surface area contributed by atoms with Crippen molar-refractivity contribution < 1.29 is 9.90 Å². The third kappa shape index (κ3) is 2.95. The van der Waals surface area contributed by atoms with Crippen molar-refractivity contribution in [3.8, 4) is 0 Å². The van der Waals surface area contributed by atoms with Gasteiger partial charge in [-0.3, -0.25) is 9.78 Å². The zero-order valence-corrected chi connectivity index (χ0v) is 7.68. The number of carbonyl (C=O) groups is 1. The molecule has 1 heterocycles. The van der Waals surface area contributed by atoms with Crippen LogP contribution in [0.2, 0.25) is 0 Å². The van der Waals surface area contributed by atoms with Gasteiger partial charge in [-0.2, -0.15) is 0 Å². The predicted octanol–water partition coefficient (Wildman–Crippen LogP) is 1.34. The lowest BCUT2D eigenvalue weighted by Crippen LogP contribution is -1.88. The fraction of sp³-hybridized carbons (Fsp3) is 0.0909. The van der Waals surface area contributed by atoms with Gasteiger partial charge in [-0.25, -0.2) is 0 Å². The van der Waals surface area contributed by atoms with Gasteiger partial charge in [-0.15, -0.1) is 0 Å². The van der Waals surface area contributed by atoms with Crippen LogP contribution in [0.4, 0.5) is 0 Å². The summed E-state index contributed by atoms with van der Waals surface area (Å²) in [6.07, 6.45) is 5.80. The molecule has 0 bridgehead atoms. The lowest BCUT2D eigenvalue weighted by molar-refractivity contribution is -0.110. The lowest BCUT2D eigenvalue weighted by atomic mass is 10.2. The number of pyridine rings is 1. The average molecular weight is 189 g/mol.